The zero-order valence-electron chi connectivity index (χ0n) is 26.5. The van der Waals surface area contributed by atoms with Crippen LogP contribution >= 0.6 is 0 Å². The Labute approximate surface area is 275 Å². The van der Waals surface area contributed by atoms with Gasteiger partial charge in [-0.1, -0.05) is 121 Å². The molecule has 9 heteroatoms. The SMILES string of the molecule is CCOC(=O)[C@H](Cc1ccccc1)NC(=O)[C@H](Cc1ccccc1)NC(=O)[C@H](Cc1ccccc1)NC(=O)[C@@H](N)Cc1ccccc1. The molecule has 47 heavy (non-hydrogen) atoms. The van der Waals surface area contributed by atoms with Gasteiger partial charge in [-0.15, -0.1) is 0 Å². The molecule has 0 spiro atoms. The van der Waals surface area contributed by atoms with E-state index in [1.54, 1.807) is 6.92 Å². The number of hydrogen-bond donors (Lipinski definition) is 4. The average Bonchev–Trinajstić information content (AvgIpc) is 3.09. The summed E-state index contributed by atoms with van der Waals surface area (Å²) in [6, 6.07) is 33.3. The van der Waals surface area contributed by atoms with Crippen molar-refractivity contribution in [2.24, 2.45) is 5.73 Å². The molecule has 0 bridgehead atoms. The molecule has 0 heterocycles. The Balaban J connectivity index is 1.55. The van der Waals surface area contributed by atoms with Gasteiger partial charge in [0.05, 0.1) is 12.6 Å². The van der Waals surface area contributed by atoms with E-state index in [0.29, 0.717) is 6.42 Å². The maximum absolute atomic E-state index is 13.9. The number of esters is 1. The molecule has 0 fully saturated rings. The highest BCUT2D eigenvalue weighted by Crippen LogP contribution is 2.10. The van der Waals surface area contributed by atoms with E-state index in [1.165, 1.54) is 0 Å². The molecule has 4 atom stereocenters. The lowest BCUT2D eigenvalue weighted by Crippen LogP contribution is -2.58. The first-order valence-electron chi connectivity index (χ1n) is 15.8. The highest BCUT2D eigenvalue weighted by atomic mass is 16.5. The summed E-state index contributed by atoms with van der Waals surface area (Å²) < 4.78 is 5.27. The minimum atomic E-state index is -1.06. The van der Waals surface area contributed by atoms with Crippen LogP contribution in [0.2, 0.25) is 0 Å². The summed E-state index contributed by atoms with van der Waals surface area (Å²) in [5, 5.41) is 8.50. The lowest BCUT2D eigenvalue weighted by atomic mass is 10.0. The Bertz CT molecular complexity index is 1570. The number of amides is 3. The summed E-state index contributed by atoms with van der Waals surface area (Å²) in [6.45, 7) is 1.85. The molecule has 5 N–H and O–H groups in total. The number of carbonyl (C=O) groups is 4. The first-order valence-corrected chi connectivity index (χ1v) is 15.8. The van der Waals surface area contributed by atoms with E-state index in [-0.39, 0.29) is 25.9 Å². The van der Waals surface area contributed by atoms with Crippen molar-refractivity contribution >= 4 is 23.7 Å². The zero-order chi connectivity index (χ0) is 33.4. The fraction of sp³-hybridized carbons (Fsp3) is 0.263. The van der Waals surface area contributed by atoms with Crippen molar-refractivity contribution in [3.8, 4) is 0 Å². The monoisotopic (exact) mass is 634 g/mol. The Kier molecular flexibility index (Phi) is 13.3. The van der Waals surface area contributed by atoms with Crippen LogP contribution in [0.3, 0.4) is 0 Å². The van der Waals surface area contributed by atoms with Gasteiger partial charge >= 0.3 is 5.97 Å². The lowest BCUT2D eigenvalue weighted by Gasteiger charge is -2.26. The van der Waals surface area contributed by atoms with Crippen molar-refractivity contribution in [2.75, 3.05) is 6.61 Å². The maximum Gasteiger partial charge on any atom is 0.328 e. The Morgan fingerprint density at radius 2 is 0.830 bits per heavy atom. The standard InChI is InChI=1S/C38H42N4O5/c1-2-47-38(46)34(26-30-21-13-6-14-22-30)42-37(45)33(25-29-19-11-5-12-20-29)41-36(44)32(24-28-17-9-4-10-18-28)40-35(43)31(39)23-27-15-7-3-8-16-27/h3-22,31-34H,2,23-26,39H2,1H3,(H,40,43)(H,41,44)(H,42,45)/t31-,32-,33-,34-/m0/s1. The van der Waals surface area contributed by atoms with Crippen LogP contribution in [0.15, 0.2) is 121 Å². The summed E-state index contributed by atoms with van der Waals surface area (Å²) in [5.41, 5.74) is 9.62. The molecule has 0 radical (unpaired) electrons. The van der Waals surface area contributed by atoms with Crippen molar-refractivity contribution in [2.45, 2.75) is 56.8 Å². The fourth-order valence-electron chi connectivity index (χ4n) is 5.19. The van der Waals surface area contributed by atoms with Crippen molar-refractivity contribution < 1.29 is 23.9 Å². The van der Waals surface area contributed by atoms with Crippen LogP contribution in [0.4, 0.5) is 0 Å². The van der Waals surface area contributed by atoms with E-state index < -0.39 is 47.9 Å². The maximum atomic E-state index is 13.9. The topological polar surface area (TPSA) is 140 Å². The number of nitrogens with one attached hydrogen (secondary N) is 3. The van der Waals surface area contributed by atoms with Crippen molar-refractivity contribution in [3.05, 3.63) is 144 Å². The van der Waals surface area contributed by atoms with Gasteiger partial charge in [0.15, 0.2) is 0 Å². The Morgan fingerprint density at radius 1 is 0.511 bits per heavy atom. The van der Waals surface area contributed by atoms with Crippen LogP contribution in [0.5, 0.6) is 0 Å². The highest BCUT2D eigenvalue weighted by molar-refractivity contribution is 5.94. The first kappa shape index (κ1) is 34.6. The molecule has 9 nitrogen and oxygen atoms in total. The minimum Gasteiger partial charge on any atom is -0.464 e. The molecule has 4 aromatic rings. The molecule has 0 saturated heterocycles. The predicted molar refractivity (Wildman–Crippen MR) is 181 cm³/mol. The van der Waals surface area contributed by atoms with Gasteiger partial charge in [-0.05, 0) is 35.6 Å². The van der Waals surface area contributed by atoms with Crippen molar-refractivity contribution in [3.63, 3.8) is 0 Å². The molecular formula is C38H42N4O5. The van der Waals surface area contributed by atoms with Crippen LogP contribution in [0.25, 0.3) is 0 Å². The van der Waals surface area contributed by atoms with Crippen LogP contribution in [0.1, 0.15) is 29.2 Å². The highest BCUT2D eigenvalue weighted by Gasteiger charge is 2.31. The largest absolute Gasteiger partial charge is 0.464 e. The molecule has 3 amide bonds. The lowest BCUT2D eigenvalue weighted by molar-refractivity contribution is -0.147. The second-order valence-corrected chi connectivity index (χ2v) is 11.3. The van der Waals surface area contributed by atoms with E-state index in [9.17, 15) is 19.2 Å². The normalized spacial score (nSPS) is 13.3. The summed E-state index contributed by atoms with van der Waals surface area (Å²) in [7, 11) is 0. The molecule has 0 aliphatic heterocycles. The van der Waals surface area contributed by atoms with Gasteiger partial charge in [0.25, 0.3) is 0 Å². The van der Waals surface area contributed by atoms with Crippen LogP contribution in [0, 0.1) is 0 Å². The fourth-order valence-corrected chi connectivity index (χ4v) is 5.19. The van der Waals surface area contributed by atoms with Gasteiger partial charge < -0.3 is 26.4 Å². The molecule has 4 rings (SSSR count). The van der Waals surface area contributed by atoms with Crippen LogP contribution in [-0.2, 0) is 49.6 Å². The van der Waals surface area contributed by atoms with Gasteiger partial charge in [0, 0.05) is 19.3 Å². The molecule has 244 valence electrons. The second kappa shape index (κ2) is 18.0. The quantitative estimate of drug-likeness (QED) is 0.140. The second-order valence-electron chi connectivity index (χ2n) is 11.3. The minimum absolute atomic E-state index is 0.150. The smallest absolute Gasteiger partial charge is 0.328 e. The third kappa shape index (κ3) is 11.2. The predicted octanol–water partition coefficient (Wildman–Crippen LogP) is 3.30. The number of ether oxygens (including phenoxy) is 1. The number of carbonyl (C=O) groups excluding carboxylic acids is 4. The molecule has 4 aromatic carbocycles. The Hall–Kier alpha value is -5.28. The van der Waals surface area contributed by atoms with E-state index in [0.717, 1.165) is 22.3 Å². The van der Waals surface area contributed by atoms with Crippen molar-refractivity contribution in [1.82, 2.24) is 16.0 Å². The van der Waals surface area contributed by atoms with Gasteiger partial charge in [-0.25, -0.2) is 4.79 Å². The molecule has 0 aliphatic rings. The molecule has 0 unspecified atom stereocenters. The summed E-state index contributed by atoms with van der Waals surface area (Å²) >= 11 is 0. The van der Waals surface area contributed by atoms with Gasteiger partial charge in [-0.2, -0.15) is 0 Å². The van der Waals surface area contributed by atoms with Crippen LogP contribution in [-0.4, -0.2) is 54.5 Å². The van der Waals surface area contributed by atoms with Gasteiger partial charge in [0.2, 0.25) is 17.7 Å². The van der Waals surface area contributed by atoms with Crippen LogP contribution < -0.4 is 21.7 Å². The van der Waals surface area contributed by atoms with E-state index in [4.69, 9.17) is 10.5 Å². The average molecular weight is 635 g/mol. The van der Waals surface area contributed by atoms with Crippen molar-refractivity contribution in [1.29, 1.82) is 0 Å². The molecule has 0 saturated carbocycles. The summed E-state index contributed by atoms with van der Waals surface area (Å²) in [4.78, 5) is 54.0. The number of hydrogen-bond acceptors (Lipinski definition) is 6. The van der Waals surface area contributed by atoms with E-state index in [1.807, 2.05) is 121 Å². The first-order chi connectivity index (χ1) is 22.8. The number of nitrogens with two attached hydrogens (primary N) is 1. The van der Waals surface area contributed by atoms with Gasteiger partial charge in [0.1, 0.15) is 18.1 Å². The number of benzene rings is 4. The molecule has 0 aromatic heterocycles. The van der Waals surface area contributed by atoms with E-state index >= 15 is 0 Å². The Morgan fingerprint density at radius 3 is 1.21 bits per heavy atom. The summed E-state index contributed by atoms with van der Waals surface area (Å²) in [6.07, 6.45) is 0.833. The van der Waals surface area contributed by atoms with Gasteiger partial charge in [-0.3, -0.25) is 14.4 Å². The third-order valence-electron chi connectivity index (χ3n) is 7.64. The summed E-state index contributed by atoms with van der Waals surface area (Å²) in [5.74, 6) is -2.17. The number of rotatable bonds is 16. The third-order valence-corrected chi connectivity index (χ3v) is 7.64. The molecular weight excluding hydrogens is 592 g/mol. The molecule has 0 aliphatic carbocycles. The van der Waals surface area contributed by atoms with E-state index in [2.05, 4.69) is 16.0 Å². The zero-order valence-corrected chi connectivity index (χ0v) is 26.5.